The molecule has 2 bridgehead atoms. The lowest BCUT2D eigenvalue weighted by atomic mass is 10.1. The van der Waals surface area contributed by atoms with Gasteiger partial charge >= 0.3 is 0 Å². The quantitative estimate of drug-likeness (QED) is 0.452. The van der Waals surface area contributed by atoms with E-state index < -0.39 is 0 Å². The first-order chi connectivity index (χ1) is 17.1. The van der Waals surface area contributed by atoms with Crippen LogP contribution in [0, 0.1) is 5.82 Å². The fourth-order valence-electron chi connectivity index (χ4n) is 3.87. The second kappa shape index (κ2) is 14.2. The number of likely N-dealkylation sites (N-methyl/N-ethyl adjacent to an activating group) is 1. The number of carbonyl (C=O) groups is 2. The molecule has 9 nitrogen and oxygen atoms in total. The molecule has 0 spiro atoms. The highest BCUT2D eigenvalue weighted by molar-refractivity contribution is 5.98. The molecule has 0 aliphatic carbocycles. The zero-order chi connectivity index (χ0) is 24.9. The molecule has 2 heterocycles. The molecule has 5 N–H and O–H groups in total. The topological polar surface area (TPSA) is 120 Å². The number of hydrogen-bond acceptors (Lipinski definition) is 7. The Bertz CT molecular complexity index is 955. The van der Waals surface area contributed by atoms with Crippen LogP contribution in [0.2, 0.25) is 0 Å². The maximum Gasteiger partial charge on any atom is 0.256 e. The minimum Gasteiger partial charge on any atom is -0.369 e. The Balaban J connectivity index is 1.66. The van der Waals surface area contributed by atoms with Gasteiger partial charge in [-0.2, -0.15) is 4.98 Å². The standard InChI is InChI=1S/C25H36FN7O2/c1-27-21-8-4-7-13-28-22-20(23(34)31-16-18-9-11-19(26)12-10-18)17-32-25(33-22)30-15-6-3-2-5-14-29-24(21)35/h9-12,17,21,27H,2-8,13-16H2,1H3,(H,29,35)(H,31,34)(H2,28,30,32,33). The molecule has 190 valence electrons. The van der Waals surface area contributed by atoms with Crippen LogP contribution in [0.5, 0.6) is 0 Å². The number of anilines is 2. The Labute approximate surface area is 206 Å². The smallest absolute Gasteiger partial charge is 0.256 e. The van der Waals surface area contributed by atoms with Gasteiger partial charge in [-0.3, -0.25) is 9.59 Å². The van der Waals surface area contributed by atoms with E-state index in [0.717, 1.165) is 57.1 Å². The Morgan fingerprint density at radius 1 is 1.00 bits per heavy atom. The third-order valence-corrected chi connectivity index (χ3v) is 5.96. The molecule has 2 amide bonds. The van der Waals surface area contributed by atoms with Crippen LogP contribution < -0.4 is 26.6 Å². The largest absolute Gasteiger partial charge is 0.369 e. The lowest BCUT2D eigenvalue weighted by Crippen LogP contribution is -2.42. The van der Waals surface area contributed by atoms with E-state index in [9.17, 15) is 14.0 Å². The first-order valence-electron chi connectivity index (χ1n) is 12.4. The number of hydrogen-bond donors (Lipinski definition) is 5. The molecule has 35 heavy (non-hydrogen) atoms. The predicted molar refractivity (Wildman–Crippen MR) is 135 cm³/mol. The molecule has 0 radical (unpaired) electrons. The van der Waals surface area contributed by atoms with E-state index in [4.69, 9.17) is 0 Å². The van der Waals surface area contributed by atoms with E-state index in [1.807, 2.05) is 0 Å². The van der Waals surface area contributed by atoms with Crippen molar-refractivity contribution in [2.75, 3.05) is 37.3 Å². The third kappa shape index (κ3) is 8.79. The van der Waals surface area contributed by atoms with Gasteiger partial charge in [0, 0.05) is 32.4 Å². The van der Waals surface area contributed by atoms with Crippen LogP contribution in [-0.4, -0.2) is 54.5 Å². The molecule has 0 fully saturated rings. The minimum atomic E-state index is -0.318. The highest BCUT2D eigenvalue weighted by atomic mass is 19.1. The normalized spacial score (nSPS) is 18.2. The minimum absolute atomic E-state index is 0.0452. The van der Waals surface area contributed by atoms with Crippen molar-refractivity contribution in [1.82, 2.24) is 25.9 Å². The molecule has 3 rings (SSSR count). The average Bonchev–Trinajstić information content (AvgIpc) is 2.86. The molecule has 0 saturated heterocycles. The highest BCUT2D eigenvalue weighted by Crippen LogP contribution is 2.16. The summed E-state index contributed by atoms with van der Waals surface area (Å²) in [4.78, 5) is 34.1. The SMILES string of the molecule is CNC1CCCCNc2nc(ncc2C(=O)NCc2ccc(F)cc2)NCCCCCCNC1=O. The summed E-state index contributed by atoms with van der Waals surface area (Å²) in [5, 5.41) is 15.5. The van der Waals surface area contributed by atoms with E-state index in [-0.39, 0.29) is 30.2 Å². The van der Waals surface area contributed by atoms with Crippen molar-refractivity contribution < 1.29 is 14.0 Å². The van der Waals surface area contributed by atoms with Gasteiger partial charge in [-0.25, -0.2) is 9.37 Å². The lowest BCUT2D eigenvalue weighted by molar-refractivity contribution is -0.123. The second-order valence-electron chi connectivity index (χ2n) is 8.66. The number of nitrogens with zero attached hydrogens (tertiary/aromatic N) is 2. The van der Waals surface area contributed by atoms with Gasteiger partial charge < -0.3 is 26.6 Å². The van der Waals surface area contributed by atoms with Crippen LogP contribution in [0.25, 0.3) is 0 Å². The van der Waals surface area contributed by atoms with E-state index >= 15 is 0 Å². The highest BCUT2D eigenvalue weighted by Gasteiger charge is 2.17. The van der Waals surface area contributed by atoms with E-state index in [2.05, 4.69) is 36.6 Å². The molecular weight excluding hydrogens is 449 g/mol. The summed E-state index contributed by atoms with van der Waals surface area (Å²) >= 11 is 0. The maximum atomic E-state index is 13.1. The van der Waals surface area contributed by atoms with Gasteiger partial charge in [0.25, 0.3) is 5.91 Å². The molecule has 1 unspecified atom stereocenters. The molecule has 1 atom stereocenters. The molecule has 0 saturated carbocycles. The van der Waals surface area contributed by atoms with Gasteiger partial charge in [-0.1, -0.05) is 25.0 Å². The number of fused-ring (bicyclic) bond motifs is 2. The van der Waals surface area contributed by atoms with E-state index in [1.165, 1.54) is 18.3 Å². The Morgan fingerprint density at radius 2 is 1.69 bits per heavy atom. The van der Waals surface area contributed by atoms with Crippen LogP contribution in [0.4, 0.5) is 16.2 Å². The first kappa shape index (κ1) is 26.3. The molecule has 1 aromatic carbocycles. The number of benzene rings is 1. The fourth-order valence-corrected chi connectivity index (χ4v) is 3.87. The van der Waals surface area contributed by atoms with Crippen LogP contribution in [0.1, 0.15) is 60.9 Å². The van der Waals surface area contributed by atoms with Crippen molar-refractivity contribution in [1.29, 1.82) is 0 Å². The van der Waals surface area contributed by atoms with Crippen molar-refractivity contribution in [3.8, 4) is 0 Å². The Morgan fingerprint density at radius 3 is 2.43 bits per heavy atom. The maximum absolute atomic E-state index is 13.1. The van der Waals surface area contributed by atoms with Gasteiger partial charge in [-0.15, -0.1) is 0 Å². The summed E-state index contributed by atoms with van der Waals surface area (Å²) in [6.07, 6.45) is 7.89. The van der Waals surface area contributed by atoms with E-state index in [0.29, 0.717) is 30.4 Å². The van der Waals surface area contributed by atoms with Crippen molar-refractivity contribution >= 4 is 23.6 Å². The van der Waals surface area contributed by atoms with Crippen molar-refractivity contribution in [2.45, 2.75) is 57.5 Å². The van der Waals surface area contributed by atoms with Crippen LogP contribution >= 0.6 is 0 Å². The summed E-state index contributed by atoms with van der Waals surface area (Å²) in [7, 11) is 1.81. The van der Waals surface area contributed by atoms with Gasteiger partial charge in [0.2, 0.25) is 11.9 Å². The van der Waals surface area contributed by atoms with Gasteiger partial charge in [0.1, 0.15) is 17.2 Å². The second-order valence-corrected chi connectivity index (χ2v) is 8.66. The molecular formula is C25H36FN7O2. The third-order valence-electron chi connectivity index (χ3n) is 5.96. The summed E-state index contributed by atoms with van der Waals surface area (Å²) in [6.45, 7) is 2.30. The van der Waals surface area contributed by atoms with Gasteiger partial charge in [0.05, 0.1) is 6.04 Å². The molecule has 2 aromatic rings. The number of carbonyl (C=O) groups excluding carboxylic acids is 2. The number of rotatable bonds is 4. The molecule has 1 aromatic heterocycles. The van der Waals surface area contributed by atoms with Crippen LogP contribution in [0.15, 0.2) is 30.5 Å². The number of halogens is 1. The van der Waals surface area contributed by atoms with Crippen LogP contribution in [-0.2, 0) is 11.3 Å². The lowest BCUT2D eigenvalue weighted by Gasteiger charge is -2.17. The summed E-state index contributed by atoms with van der Waals surface area (Å²) in [5.41, 5.74) is 1.14. The van der Waals surface area contributed by atoms with Crippen molar-refractivity contribution in [3.05, 3.63) is 47.4 Å². The zero-order valence-electron chi connectivity index (χ0n) is 20.3. The van der Waals surface area contributed by atoms with Gasteiger partial charge in [0.15, 0.2) is 0 Å². The summed E-state index contributed by atoms with van der Waals surface area (Å²) < 4.78 is 13.1. The Kier molecular flexibility index (Phi) is 10.7. The number of nitrogens with one attached hydrogen (secondary N) is 5. The van der Waals surface area contributed by atoms with Crippen molar-refractivity contribution in [2.24, 2.45) is 0 Å². The van der Waals surface area contributed by atoms with Gasteiger partial charge in [-0.05, 0) is 56.8 Å². The predicted octanol–water partition coefficient (Wildman–Crippen LogP) is 2.82. The van der Waals surface area contributed by atoms with Crippen molar-refractivity contribution in [3.63, 3.8) is 0 Å². The molecule has 1 aliphatic heterocycles. The molecule has 10 heteroatoms. The van der Waals surface area contributed by atoms with E-state index in [1.54, 1.807) is 19.2 Å². The average molecular weight is 486 g/mol. The number of aromatic nitrogens is 2. The fraction of sp³-hybridized carbons (Fsp3) is 0.520. The van der Waals surface area contributed by atoms with Crippen LogP contribution in [0.3, 0.4) is 0 Å². The zero-order valence-corrected chi connectivity index (χ0v) is 20.3. The summed E-state index contributed by atoms with van der Waals surface area (Å²) in [6, 6.07) is 5.79. The summed E-state index contributed by atoms with van der Waals surface area (Å²) in [5.74, 6) is 0.359. The monoisotopic (exact) mass is 485 g/mol. The number of amides is 2. The first-order valence-corrected chi connectivity index (χ1v) is 12.4. The molecule has 1 aliphatic rings. The Hall–Kier alpha value is -3.27.